The first-order chi connectivity index (χ1) is 11.0. The minimum Gasteiger partial charge on any atom is -0.305 e. The number of nitrogens with zero attached hydrogens (tertiary/aromatic N) is 2. The third-order valence-corrected chi connectivity index (χ3v) is 4.05. The van der Waals surface area contributed by atoms with Crippen LogP contribution in [0.2, 0.25) is 10.0 Å². The van der Waals surface area contributed by atoms with Crippen molar-refractivity contribution in [3.8, 4) is 5.69 Å². The van der Waals surface area contributed by atoms with Gasteiger partial charge in [-0.3, -0.25) is 4.79 Å². The molecule has 1 N–H and O–H groups in total. The first-order valence-corrected chi connectivity index (χ1v) is 7.68. The molecule has 0 aliphatic carbocycles. The van der Waals surface area contributed by atoms with Gasteiger partial charge in [-0.25, -0.2) is 4.68 Å². The second kappa shape index (κ2) is 6.44. The van der Waals surface area contributed by atoms with Crippen molar-refractivity contribution < 1.29 is 4.79 Å². The molecule has 4 nitrogen and oxygen atoms in total. The summed E-state index contributed by atoms with van der Waals surface area (Å²) in [5.41, 5.74) is 2.27. The van der Waals surface area contributed by atoms with Crippen molar-refractivity contribution in [2.45, 2.75) is 6.92 Å². The lowest BCUT2D eigenvalue weighted by atomic mass is 10.2. The van der Waals surface area contributed by atoms with Gasteiger partial charge in [-0.2, -0.15) is 0 Å². The van der Waals surface area contributed by atoms with Crippen molar-refractivity contribution in [3.63, 3.8) is 0 Å². The van der Waals surface area contributed by atoms with E-state index < -0.39 is 0 Å². The van der Waals surface area contributed by atoms with Gasteiger partial charge < -0.3 is 5.32 Å². The summed E-state index contributed by atoms with van der Waals surface area (Å²) in [6.07, 6.45) is 0. The smallest absolute Gasteiger partial charge is 0.256 e. The topological polar surface area (TPSA) is 46.9 Å². The van der Waals surface area contributed by atoms with Crippen molar-refractivity contribution >= 4 is 34.9 Å². The predicted octanol–water partition coefficient (Wildman–Crippen LogP) is 4.74. The zero-order valence-electron chi connectivity index (χ0n) is 12.3. The molecule has 0 radical (unpaired) electrons. The maximum atomic E-state index is 12.3. The van der Waals surface area contributed by atoms with E-state index in [1.807, 2.05) is 43.3 Å². The molecular formula is C17H13Cl2N3O. The molecule has 23 heavy (non-hydrogen) atoms. The Balaban J connectivity index is 1.83. The van der Waals surface area contributed by atoms with Crippen LogP contribution >= 0.6 is 23.2 Å². The fourth-order valence-electron chi connectivity index (χ4n) is 2.19. The first-order valence-electron chi connectivity index (χ1n) is 6.93. The molecule has 3 aromatic rings. The van der Waals surface area contributed by atoms with Gasteiger partial charge in [0, 0.05) is 17.3 Å². The highest BCUT2D eigenvalue weighted by Gasteiger charge is 2.12. The summed E-state index contributed by atoms with van der Waals surface area (Å²) in [7, 11) is 0. The van der Waals surface area contributed by atoms with E-state index in [1.165, 1.54) is 6.07 Å². The lowest BCUT2D eigenvalue weighted by Gasteiger charge is -2.04. The summed E-state index contributed by atoms with van der Waals surface area (Å²) in [6, 6.07) is 16.2. The molecule has 0 fully saturated rings. The van der Waals surface area contributed by atoms with Crippen molar-refractivity contribution in [1.82, 2.24) is 9.78 Å². The van der Waals surface area contributed by atoms with Gasteiger partial charge in [-0.1, -0.05) is 41.4 Å². The van der Waals surface area contributed by atoms with Crippen LogP contribution in [0.15, 0.2) is 54.6 Å². The number of rotatable bonds is 3. The lowest BCUT2D eigenvalue weighted by Crippen LogP contribution is -2.12. The Kier molecular flexibility index (Phi) is 4.37. The van der Waals surface area contributed by atoms with Gasteiger partial charge in [0.25, 0.3) is 5.91 Å². The number of carbonyl (C=O) groups is 1. The number of carbonyl (C=O) groups excluding carboxylic acids is 1. The molecule has 1 heterocycles. The van der Waals surface area contributed by atoms with Crippen LogP contribution in [0, 0.1) is 6.92 Å². The molecule has 0 atom stereocenters. The summed E-state index contributed by atoms with van der Waals surface area (Å²) in [4.78, 5) is 12.3. The Morgan fingerprint density at radius 2 is 1.78 bits per heavy atom. The highest BCUT2D eigenvalue weighted by atomic mass is 35.5. The largest absolute Gasteiger partial charge is 0.305 e. The third kappa shape index (κ3) is 3.38. The molecule has 3 rings (SSSR count). The lowest BCUT2D eigenvalue weighted by molar-refractivity contribution is 0.102. The molecule has 0 saturated carbocycles. The summed E-state index contributed by atoms with van der Waals surface area (Å²) >= 11 is 11.8. The molecule has 2 aromatic carbocycles. The minimum absolute atomic E-state index is 0.290. The number of aromatic nitrogens is 2. The predicted molar refractivity (Wildman–Crippen MR) is 92.7 cm³/mol. The van der Waals surface area contributed by atoms with Crippen molar-refractivity contribution in [2.24, 2.45) is 0 Å². The molecule has 0 aliphatic rings. The Morgan fingerprint density at radius 3 is 2.48 bits per heavy atom. The van der Waals surface area contributed by atoms with Gasteiger partial charge in [0.2, 0.25) is 0 Å². The van der Waals surface area contributed by atoms with E-state index in [0.29, 0.717) is 21.4 Å². The Morgan fingerprint density at radius 1 is 1.04 bits per heavy atom. The molecule has 0 bridgehead atoms. The Labute approximate surface area is 143 Å². The van der Waals surface area contributed by atoms with Crippen LogP contribution in [0.1, 0.15) is 16.1 Å². The van der Waals surface area contributed by atoms with E-state index in [-0.39, 0.29) is 5.91 Å². The van der Waals surface area contributed by atoms with E-state index in [2.05, 4.69) is 10.4 Å². The number of halogens is 2. The van der Waals surface area contributed by atoms with E-state index >= 15 is 0 Å². The molecular weight excluding hydrogens is 333 g/mol. The molecule has 0 spiro atoms. The molecule has 1 aromatic heterocycles. The number of amides is 1. The summed E-state index contributed by atoms with van der Waals surface area (Å²) in [6.45, 7) is 1.93. The van der Waals surface area contributed by atoms with Crippen LogP contribution in [0.4, 0.5) is 5.82 Å². The SMILES string of the molecule is Cc1cc(NC(=O)c2ccc(Cl)c(Cl)c2)nn1-c1ccccc1. The highest BCUT2D eigenvalue weighted by molar-refractivity contribution is 6.42. The fraction of sp³-hybridized carbons (Fsp3) is 0.0588. The van der Waals surface area contributed by atoms with Crippen LogP contribution < -0.4 is 5.32 Å². The molecule has 1 amide bonds. The maximum Gasteiger partial charge on any atom is 0.256 e. The van der Waals surface area contributed by atoms with Crippen molar-refractivity contribution in [3.05, 3.63) is 75.9 Å². The van der Waals surface area contributed by atoms with E-state index in [1.54, 1.807) is 16.8 Å². The molecule has 116 valence electrons. The number of para-hydroxylation sites is 1. The number of nitrogens with one attached hydrogen (secondary N) is 1. The van der Waals surface area contributed by atoms with E-state index in [0.717, 1.165) is 11.4 Å². The standard InChI is InChI=1S/C17H13Cl2N3O/c1-11-9-16(21-22(11)13-5-3-2-4-6-13)20-17(23)12-7-8-14(18)15(19)10-12/h2-10H,1H3,(H,20,21,23). The summed E-state index contributed by atoms with van der Waals surface area (Å²) in [5, 5.41) is 7.92. The summed E-state index contributed by atoms with van der Waals surface area (Å²) < 4.78 is 1.77. The van der Waals surface area contributed by atoms with Crippen LogP contribution in [0.3, 0.4) is 0 Å². The monoisotopic (exact) mass is 345 g/mol. The average molecular weight is 346 g/mol. The summed E-state index contributed by atoms with van der Waals surface area (Å²) in [5.74, 6) is 0.184. The molecule has 0 aliphatic heterocycles. The Bertz CT molecular complexity index is 860. The quantitative estimate of drug-likeness (QED) is 0.745. The first kappa shape index (κ1) is 15.6. The number of benzene rings is 2. The average Bonchev–Trinajstić information content (AvgIpc) is 2.91. The van der Waals surface area contributed by atoms with Gasteiger partial charge in [0.15, 0.2) is 5.82 Å². The number of anilines is 1. The van der Waals surface area contributed by atoms with Crippen molar-refractivity contribution in [1.29, 1.82) is 0 Å². The molecule has 0 unspecified atom stereocenters. The zero-order valence-corrected chi connectivity index (χ0v) is 13.8. The van der Waals surface area contributed by atoms with Crippen molar-refractivity contribution in [2.75, 3.05) is 5.32 Å². The normalized spacial score (nSPS) is 10.6. The van der Waals surface area contributed by atoms with Gasteiger partial charge >= 0.3 is 0 Å². The van der Waals surface area contributed by atoms with Crippen LogP contribution in [0.25, 0.3) is 5.69 Å². The van der Waals surface area contributed by atoms with Crippen LogP contribution in [0.5, 0.6) is 0 Å². The number of aryl methyl sites for hydroxylation is 1. The fourth-order valence-corrected chi connectivity index (χ4v) is 2.49. The molecule has 6 heteroatoms. The number of hydrogen-bond acceptors (Lipinski definition) is 2. The van der Waals surface area contributed by atoms with E-state index in [9.17, 15) is 4.79 Å². The van der Waals surface area contributed by atoms with Crippen LogP contribution in [-0.4, -0.2) is 15.7 Å². The second-order valence-electron chi connectivity index (χ2n) is 5.00. The highest BCUT2D eigenvalue weighted by Crippen LogP contribution is 2.23. The number of hydrogen-bond donors (Lipinski definition) is 1. The van der Waals surface area contributed by atoms with Gasteiger partial charge in [-0.15, -0.1) is 5.10 Å². The van der Waals surface area contributed by atoms with Gasteiger partial charge in [0.1, 0.15) is 0 Å². The minimum atomic E-state index is -0.290. The zero-order chi connectivity index (χ0) is 16.4. The maximum absolute atomic E-state index is 12.3. The van der Waals surface area contributed by atoms with E-state index in [4.69, 9.17) is 23.2 Å². The third-order valence-electron chi connectivity index (χ3n) is 3.31. The Hall–Kier alpha value is -2.30. The van der Waals surface area contributed by atoms with Gasteiger partial charge in [-0.05, 0) is 37.3 Å². The molecule has 0 saturated heterocycles. The van der Waals surface area contributed by atoms with Crippen LogP contribution in [-0.2, 0) is 0 Å². The van der Waals surface area contributed by atoms with Gasteiger partial charge in [0.05, 0.1) is 15.7 Å². The second-order valence-corrected chi connectivity index (χ2v) is 5.82.